The van der Waals surface area contributed by atoms with Gasteiger partial charge >= 0.3 is 0 Å². The average molecular weight is 670 g/mol. The molecule has 3 nitrogen and oxygen atoms in total. The smallest absolute Gasteiger partial charge is 0.235 e. The fourth-order valence-electron chi connectivity index (χ4n) is 8.63. The van der Waals surface area contributed by atoms with Crippen molar-refractivity contribution in [2.45, 2.75) is 19.3 Å². The van der Waals surface area contributed by atoms with Gasteiger partial charge in [-0.3, -0.25) is 4.57 Å². The minimum Gasteiger partial charge on any atom is -0.277 e. The number of benzene rings is 7. The molecule has 0 radical (unpaired) electrons. The van der Waals surface area contributed by atoms with Crippen LogP contribution in [0.1, 0.15) is 25.0 Å². The number of aromatic nitrogens is 3. The highest BCUT2D eigenvalue weighted by Crippen LogP contribution is 2.55. The van der Waals surface area contributed by atoms with Crippen LogP contribution in [0.5, 0.6) is 0 Å². The number of thiophene rings is 1. The summed E-state index contributed by atoms with van der Waals surface area (Å²) in [6.07, 6.45) is 0. The molecule has 0 amide bonds. The lowest BCUT2D eigenvalue weighted by Crippen LogP contribution is -2.15. The normalized spacial score (nSPS) is 13.5. The zero-order valence-corrected chi connectivity index (χ0v) is 29.0. The van der Waals surface area contributed by atoms with Crippen LogP contribution in [0.4, 0.5) is 0 Å². The molecule has 10 aromatic rings. The Kier molecular flexibility index (Phi) is 5.89. The van der Waals surface area contributed by atoms with Crippen molar-refractivity contribution in [2.24, 2.45) is 0 Å². The predicted octanol–water partition coefficient (Wildman–Crippen LogP) is 12.7. The third-order valence-corrected chi connectivity index (χ3v) is 12.2. The number of hydrogen-bond donors (Lipinski definition) is 0. The summed E-state index contributed by atoms with van der Waals surface area (Å²) in [4.78, 5) is 10.8. The third-order valence-electron chi connectivity index (χ3n) is 11.0. The first kappa shape index (κ1) is 28.7. The molecule has 7 aromatic carbocycles. The van der Waals surface area contributed by atoms with Crippen LogP contribution in [-0.4, -0.2) is 14.5 Å². The largest absolute Gasteiger partial charge is 0.277 e. The molecule has 4 heteroatoms. The highest BCUT2D eigenvalue weighted by molar-refractivity contribution is 7.25. The fraction of sp³-hybridized carbons (Fsp3) is 0.0638. The van der Waals surface area contributed by atoms with Gasteiger partial charge in [0.2, 0.25) is 5.95 Å². The molecule has 0 unspecified atom stereocenters. The molecule has 0 atom stereocenters. The molecule has 0 fully saturated rings. The van der Waals surface area contributed by atoms with E-state index in [4.69, 9.17) is 9.97 Å². The van der Waals surface area contributed by atoms with E-state index in [1.165, 1.54) is 64.3 Å². The molecule has 3 aromatic heterocycles. The number of para-hydroxylation sites is 2. The molecule has 240 valence electrons. The molecular weight excluding hydrogens is 639 g/mol. The molecule has 3 heterocycles. The summed E-state index contributed by atoms with van der Waals surface area (Å²) in [7, 11) is 0. The van der Waals surface area contributed by atoms with E-state index in [1.54, 1.807) is 0 Å². The van der Waals surface area contributed by atoms with E-state index in [0.29, 0.717) is 5.95 Å². The van der Waals surface area contributed by atoms with Crippen LogP contribution in [0.3, 0.4) is 0 Å². The summed E-state index contributed by atoms with van der Waals surface area (Å²) >= 11 is 1.86. The highest BCUT2D eigenvalue weighted by atomic mass is 32.1. The van der Waals surface area contributed by atoms with Gasteiger partial charge in [0.25, 0.3) is 0 Å². The highest BCUT2D eigenvalue weighted by Gasteiger charge is 2.39. The van der Waals surface area contributed by atoms with Gasteiger partial charge < -0.3 is 0 Å². The molecule has 0 saturated heterocycles. The molecule has 0 saturated carbocycles. The fourth-order valence-corrected chi connectivity index (χ4v) is 9.72. The second-order valence-corrected chi connectivity index (χ2v) is 15.2. The van der Waals surface area contributed by atoms with Crippen LogP contribution >= 0.6 is 11.3 Å². The topological polar surface area (TPSA) is 30.7 Å². The third kappa shape index (κ3) is 3.99. The number of rotatable bonds is 3. The van der Waals surface area contributed by atoms with Crippen molar-refractivity contribution in [3.05, 3.63) is 163 Å². The summed E-state index contributed by atoms with van der Waals surface area (Å²) in [5.74, 6) is 0.680. The van der Waals surface area contributed by atoms with Gasteiger partial charge in [0.15, 0.2) is 0 Å². The van der Waals surface area contributed by atoms with Crippen molar-refractivity contribution < 1.29 is 0 Å². The SMILES string of the molecule is CC1(C)c2ccccc2-c2c1cc(-c1ccc3sc4ccccc4c3c1)c1c3ccccc3n(-c3nc(-c4ccccc4)c4ccccc4n3)c21. The Bertz CT molecular complexity index is 3060. The Hall–Kier alpha value is -6.10. The van der Waals surface area contributed by atoms with Gasteiger partial charge in [0.1, 0.15) is 0 Å². The summed E-state index contributed by atoms with van der Waals surface area (Å²) in [6.45, 7) is 4.74. The van der Waals surface area contributed by atoms with E-state index < -0.39 is 0 Å². The van der Waals surface area contributed by atoms with Crippen molar-refractivity contribution in [1.82, 2.24) is 14.5 Å². The summed E-state index contributed by atoms with van der Waals surface area (Å²) in [6, 6.07) is 54.9. The number of nitrogens with zero attached hydrogens (tertiary/aromatic N) is 3. The molecule has 51 heavy (non-hydrogen) atoms. The predicted molar refractivity (Wildman–Crippen MR) is 215 cm³/mol. The van der Waals surface area contributed by atoms with Crippen LogP contribution in [0, 0.1) is 0 Å². The van der Waals surface area contributed by atoms with E-state index in [0.717, 1.165) is 33.2 Å². The first-order valence-corrected chi connectivity index (χ1v) is 18.3. The van der Waals surface area contributed by atoms with Gasteiger partial charge in [-0.2, -0.15) is 0 Å². The monoisotopic (exact) mass is 669 g/mol. The number of fused-ring (bicyclic) bond motifs is 11. The lowest BCUT2D eigenvalue weighted by atomic mass is 9.81. The van der Waals surface area contributed by atoms with Crippen LogP contribution in [0.2, 0.25) is 0 Å². The van der Waals surface area contributed by atoms with Crippen molar-refractivity contribution in [1.29, 1.82) is 0 Å². The van der Waals surface area contributed by atoms with E-state index in [-0.39, 0.29) is 5.41 Å². The summed E-state index contributed by atoms with van der Waals surface area (Å²) < 4.78 is 4.98. The molecule has 0 aliphatic heterocycles. The van der Waals surface area contributed by atoms with Crippen LogP contribution in [0.25, 0.3) is 92.3 Å². The Morgan fingerprint density at radius 2 is 1.24 bits per heavy atom. The quantitative estimate of drug-likeness (QED) is 0.187. The molecule has 0 bridgehead atoms. The Balaban J connectivity index is 1.32. The van der Waals surface area contributed by atoms with E-state index >= 15 is 0 Å². The van der Waals surface area contributed by atoms with Gasteiger partial charge in [0.05, 0.1) is 22.2 Å². The standard InChI is InChI=1S/C47H31N3S/c1-47(2)36-20-10-6-17-31(36)43-37(47)27-34(29-24-25-41-35(26-29)30-16-9-13-23-40(30)51-41)42-33-19-8-12-22-39(33)50(45(42)43)46-48-38-21-11-7-18-32(38)44(49-46)28-14-4-3-5-15-28/h3-27H,1-2H3. The van der Waals surface area contributed by atoms with Gasteiger partial charge in [0, 0.05) is 52.9 Å². The lowest BCUT2D eigenvalue weighted by molar-refractivity contribution is 0.661. The lowest BCUT2D eigenvalue weighted by Gasteiger charge is -2.23. The first-order chi connectivity index (χ1) is 25.1. The summed E-state index contributed by atoms with van der Waals surface area (Å²) in [5.41, 5.74) is 12.7. The molecule has 0 spiro atoms. The maximum atomic E-state index is 5.46. The van der Waals surface area contributed by atoms with Gasteiger partial charge in [-0.05, 0) is 64.2 Å². The van der Waals surface area contributed by atoms with Crippen molar-refractivity contribution >= 4 is 64.2 Å². The van der Waals surface area contributed by atoms with Crippen LogP contribution in [0.15, 0.2) is 152 Å². The minimum absolute atomic E-state index is 0.200. The molecule has 1 aliphatic carbocycles. The Morgan fingerprint density at radius 3 is 2.12 bits per heavy atom. The van der Waals surface area contributed by atoms with Crippen LogP contribution < -0.4 is 0 Å². The average Bonchev–Trinajstić information content (AvgIpc) is 3.80. The Labute approximate surface area is 299 Å². The molecule has 1 aliphatic rings. The first-order valence-electron chi connectivity index (χ1n) is 17.5. The second-order valence-electron chi connectivity index (χ2n) is 14.2. The maximum Gasteiger partial charge on any atom is 0.235 e. The van der Waals surface area contributed by atoms with Crippen LogP contribution in [-0.2, 0) is 5.41 Å². The minimum atomic E-state index is -0.200. The summed E-state index contributed by atoms with van der Waals surface area (Å²) in [5, 5.41) is 6.08. The molecule has 11 rings (SSSR count). The zero-order valence-electron chi connectivity index (χ0n) is 28.2. The van der Waals surface area contributed by atoms with E-state index in [2.05, 4.69) is 170 Å². The molecule has 0 N–H and O–H groups in total. The van der Waals surface area contributed by atoms with E-state index in [9.17, 15) is 0 Å². The van der Waals surface area contributed by atoms with Gasteiger partial charge in [-0.15, -0.1) is 11.3 Å². The van der Waals surface area contributed by atoms with Crippen molar-refractivity contribution in [2.75, 3.05) is 0 Å². The molecular formula is C47H31N3S. The van der Waals surface area contributed by atoms with Gasteiger partial charge in [-0.25, -0.2) is 9.97 Å². The van der Waals surface area contributed by atoms with E-state index in [1.807, 2.05) is 11.3 Å². The van der Waals surface area contributed by atoms with Gasteiger partial charge in [-0.1, -0.05) is 129 Å². The van der Waals surface area contributed by atoms with Crippen molar-refractivity contribution in [3.63, 3.8) is 0 Å². The maximum absolute atomic E-state index is 5.46. The number of hydrogen-bond acceptors (Lipinski definition) is 3. The Morgan fingerprint density at radius 1 is 0.529 bits per heavy atom. The second kappa shape index (κ2) is 10.5. The zero-order chi connectivity index (χ0) is 33.8. The van der Waals surface area contributed by atoms with Crippen molar-refractivity contribution in [3.8, 4) is 39.5 Å².